The van der Waals surface area contributed by atoms with Crippen molar-refractivity contribution in [3.05, 3.63) is 65.1 Å². The summed E-state index contributed by atoms with van der Waals surface area (Å²) in [5, 5.41) is 31.5. The molecule has 4 rings (SSSR count). The fourth-order valence-corrected chi connectivity index (χ4v) is 5.50. The van der Waals surface area contributed by atoms with Crippen molar-refractivity contribution in [2.45, 2.75) is 44.8 Å². The van der Waals surface area contributed by atoms with E-state index in [-0.39, 0.29) is 26.1 Å². The second kappa shape index (κ2) is 12.8. The van der Waals surface area contributed by atoms with Crippen LogP contribution in [0.5, 0.6) is 11.5 Å². The van der Waals surface area contributed by atoms with Crippen molar-refractivity contribution in [1.82, 2.24) is 9.88 Å². The maximum atomic E-state index is 13.8. The van der Waals surface area contributed by atoms with E-state index in [2.05, 4.69) is 4.98 Å². The predicted octanol–water partition coefficient (Wildman–Crippen LogP) is 4.60. The second-order valence-corrected chi connectivity index (χ2v) is 10.3. The van der Waals surface area contributed by atoms with Gasteiger partial charge in [-0.3, -0.25) is 14.7 Å². The van der Waals surface area contributed by atoms with Crippen molar-refractivity contribution in [3.63, 3.8) is 0 Å². The van der Waals surface area contributed by atoms with Gasteiger partial charge in [-0.25, -0.2) is 13.2 Å². The van der Waals surface area contributed by atoms with E-state index >= 15 is 0 Å². The van der Waals surface area contributed by atoms with Crippen LogP contribution in [0.25, 0.3) is 10.9 Å². The summed E-state index contributed by atoms with van der Waals surface area (Å²) in [4.78, 5) is 18.2. The second-order valence-electron chi connectivity index (χ2n) is 10.3. The Bertz CT molecular complexity index is 1320. The first-order valence-corrected chi connectivity index (χ1v) is 13.1. The van der Waals surface area contributed by atoms with Crippen molar-refractivity contribution in [1.29, 1.82) is 0 Å². The molecule has 216 valence electrons. The molecule has 40 heavy (non-hydrogen) atoms. The Kier molecular flexibility index (Phi) is 9.49. The van der Waals surface area contributed by atoms with Gasteiger partial charge in [-0.05, 0) is 68.0 Å². The van der Waals surface area contributed by atoms with E-state index in [1.54, 1.807) is 18.2 Å². The summed E-state index contributed by atoms with van der Waals surface area (Å²) in [6.45, 7) is 1.10. The number of hydrogen-bond donors (Lipinski definition) is 3. The number of aliphatic hydroxyl groups is 2. The highest BCUT2D eigenvalue weighted by Gasteiger charge is 2.37. The molecule has 11 heteroatoms. The molecule has 3 N–H and O–H groups in total. The monoisotopic (exact) mass is 562 g/mol. The Morgan fingerprint density at radius 2 is 1.85 bits per heavy atom. The summed E-state index contributed by atoms with van der Waals surface area (Å²) < 4.78 is 51.3. The van der Waals surface area contributed by atoms with Crippen LogP contribution in [0.3, 0.4) is 0 Å². The number of fused-ring (bicyclic) bond motifs is 1. The molecule has 0 unspecified atom stereocenters. The Labute approximate surface area is 230 Å². The molecule has 1 aliphatic heterocycles. The molecular formula is C29H33F3N2O6. The van der Waals surface area contributed by atoms with Crippen LogP contribution >= 0.6 is 0 Å². The van der Waals surface area contributed by atoms with Crippen LogP contribution in [-0.2, 0) is 11.4 Å². The molecule has 0 saturated carbocycles. The van der Waals surface area contributed by atoms with Gasteiger partial charge in [0.2, 0.25) is 0 Å². The van der Waals surface area contributed by atoms with Gasteiger partial charge in [0.15, 0.2) is 17.4 Å². The summed E-state index contributed by atoms with van der Waals surface area (Å²) in [7, 11) is 1.54. The fraction of sp³-hybridized carbons (Fsp3) is 0.448. The van der Waals surface area contributed by atoms with Crippen molar-refractivity contribution in [3.8, 4) is 11.5 Å². The van der Waals surface area contributed by atoms with Gasteiger partial charge in [0.25, 0.3) is 0 Å². The number of halogens is 3. The number of rotatable bonds is 12. The van der Waals surface area contributed by atoms with Crippen LogP contribution in [0.4, 0.5) is 13.2 Å². The minimum absolute atomic E-state index is 0.0212. The molecule has 1 aliphatic rings. The Morgan fingerprint density at radius 3 is 2.48 bits per heavy atom. The number of aliphatic carboxylic acids is 1. The average molecular weight is 563 g/mol. The number of carboxylic acid groups (broad SMARTS) is 1. The zero-order chi connectivity index (χ0) is 28.9. The van der Waals surface area contributed by atoms with E-state index in [9.17, 15) is 33.3 Å². The number of piperidine rings is 1. The highest BCUT2D eigenvalue weighted by Crippen LogP contribution is 2.42. The van der Waals surface area contributed by atoms with Gasteiger partial charge in [-0.15, -0.1) is 0 Å². The highest BCUT2D eigenvalue weighted by molar-refractivity contribution is 5.85. The quantitative estimate of drug-likeness (QED) is 0.294. The maximum absolute atomic E-state index is 13.8. The van der Waals surface area contributed by atoms with Gasteiger partial charge in [-0.2, -0.15) is 0 Å². The molecule has 0 aliphatic carbocycles. The minimum atomic E-state index is -1.11. The number of pyridine rings is 1. The maximum Gasteiger partial charge on any atom is 0.303 e. The number of benzene rings is 2. The molecule has 0 bridgehead atoms. The molecule has 0 amide bonds. The topological polar surface area (TPSA) is 112 Å². The van der Waals surface area contributed by atoms with Crippen LogP contribution < -0.4 is 9.47 Å². The number of methoxy groups -OCH3 is 1. The number of nitrogens with zero attached hydrogens (tertiary/aromatic N) is 2. The molecule has 1 fully saturated rings. The van der Waals surface area contributed by atoms with Gasteiger partial charge in [-0.1, -0.05) is 0 Å². The Balaban J connectivity index is 1.41. The lowest BCUT2D eigenvalue weighted by atomic mass is 9.71. The minimum Gasteiger partial charge on any atom is -0.497 e. The van der Waals surface area contributed by atoms with Gasteiger partial charge in [0.05, 0.1) is 31.8 Å². The normalized spacial score (nSPS) is 16.1. The summed E-state index contributed by atoms with van der Waals surface area (Å²) in [5.74, 6) is -4.22. The number of likely N-dealkylation sites (tertiary alicyclic amines) is 1. The first kappa shape index (κ1) is 29.6. The number of hydrogen-bond acceptors (Lipinski definition) is 7. The zero-order valence-electron chi connectivity index (χ0n) is 22.2. The molecule has 1 saturated heterocycles. The largest absolute Gasteiger partial charge is 0.497 e. The number of aliphatic hydroxyl groups excluding tert-OH is 2. The third kappa shape index (κ3) is 6.83. The summed E-state index contributed by atoms with van der Waals surface area (Å²) in [6, 6.07) is 6.41. The number of carbonyl (C=O) groups is 1. The Morgan fingerprint density at radius 1 is 1.15 bits per heavy atom. The first-order chi connectivity index (χ1) is 19.1. The molecule has 1 aromatic heterocycles. The van der Waals surface area contributed by atoms with Crippen LogP contribution in [0, 0.1) is 22.9 Å². The molecule has 2 heterocycles. The summed E-state index contributed by atoms with van der Waals surface area (Å²) >= 11 is 0. The lowest BCUT2D eigenvalue weighted by Crippen LogP contribution is -2.42. The van der Waals surface area contributed by atoms with Gasteiger partial charge >= 0.3 is 5.97 Å². The van der Waals surface area contributed by atoms with Gasteiger partial charge in [0, 0.05) is 35.8 Å². The van der Waals surface area contributed by atoms with E-state index in [1.807, 2.05) is 4.90 Å². The van der Waals surface area contributed by atoms with E-state index in [4.69, 9.17) is 9.47 Å². The third-order valence-corrected chi connectivity index (χ3v) is 7.71. The summed E-state index contributed by atoms with van der Waals surface area (Å²) in [5.41, 5.74) is 1.12. The first-order valence-electron chi connectivity index (χ1n) is 13.1. The fourth-order valence-electron chi connectivity index (χ4n) is 5.50. The molecule has 2 aromatic carbocycles. The van der Waals surface area contributed by atoms with E-state index in [0.29, 0.717) is 78.8 Å². The molecule has 0 spiro atoms. The van der Waals surface area contributed by atoms with Gasteiger partial charge in [0.1, 0.15) is 18.2 Å². The lowest BCUT2D eigenvalue weighted by molar-refractivity contribution is -0.141. The lowest BCUT2D eigenvalue weighted by Gasteiger charge is -2.41. The molecule has 0 radical (unpaired) electrons. The molecule has 1 atom stereocenters. The van der Waals surface area contributed by atoms with Crippen molar-refractivity contribution >= 4 is 16.9 Å². The van der Waals surface area contributed by atoms with Crippen LogP contribution in [-0.4, -0.2) is 64.5 Å². The van der Waals surface area contributed by atoms with Crippen molar-refractivity contribution in [2.24, 2.45) is 5.41 Å². The highest BCUT2D eigenvalue weighted by atomic mass is 19.1. The molecule has 3 aromatic rings. The number of aromatic nitrogens is 1. The molecule has 8 nitrogen and oxygen atoms in total. The molecular weight excluding hydrogens is 529 g/mol. The van der Waals surface area contributed by atoms with Crippen LogP contribution in [0.2, 0.25) is 0 Å². The predicted molar refractivity (Wildman–Crippen MR) is 141 cm³/mol. The van der Waals surface area contributed by atoms with Gasteiger partial charge < -0.3 is 24.8 Å². The van der Waals surface area contributed by atoms with Crippen molar-refractivity contribution < 1.29 is 42.8 Å². The number of carboxylic acids is 1. The Hall–Kier alpha value is -3.41. The van der Waals surface area contributed by atoms with Crippen molar-refractivity contribution in [2.75, 3.05) is 33.4 Å². The zero-order valence-corrected chi connectivity index (χ0v) is 22.2. The standard InChI is InChI=1S/C29H33F3N2O6/c1-39-20-2-3-24-21(14-20)27(18(17-35)16-33-24)25(36)4-5-29(15-26(37)38)6-8-34(9-7-29)10-11-40-28-22(31)12-19(30)13-23(28)32/h2-3,12-14,16,25,35-36H,4-11,15,17H2,1H3,(H,37,38)/t25-/m1/s1. The van der Waals surface area contributed by atoms with E-state index in [1.165, 1.54) is 13.3 Å². The van der Waals surface area contributed by atoms with E-state index < -0.39 is 40.7 Å². The summed E-state index contributed by atoms with van der Waals surface area (Å²) in [6.07, 6.45) is 2.32. The van der Waals surface area contributed by atoms with E-state index in [0.717, 1.165) is 0 Å². The third-order valence-electron chi connectivity index (χ3n) is 7.71. The number of ether oxygens (including phenoxy) is 2. The van der Waals surface area contributed by atoms with Crippen LogP contribution in [0.1, 0.15) is 49.3 Å². The van der Waals surface area contributed by atoms with Crippen LogP contribution in [0.15, 0.2) is 36.5 Å². The smallest absolute Gasteiger partial charge is 0.303 e. The SMILES string of the molecule is COc1ccc2ncc(CO)c([C@H](O)CCC3(CC(=O)O)CCN(CCOc4c(F)cc(F)cc4F)CC3)c2c1. The average Bonchev–Trinajstić information content (AvgIpc) is 2.92.